The van der Waals surface area contributed by atoms with Gasteiger partial charge in [-0.2, -0.15) is 0 Å². The van der Waals surface area contributed by atoms with Crippen molar-refractivity contribution in [3.05, 3.63) is 35.9 Å². The molecule has 2 rings (SSSR count). The summed E-state index contributed by atoms with van der Waals surface area (Å²) in [6.45, 7) is 4.80. The van der Waals surface area contributed by atoms with Crippen LogP contribution in [0.5, 0.6) is 0 Å². The molecule has 5 heteroatoms. The second kappa shape index (κ2) is 8.02. The molecule has 1 aliphatic heterocycles. The highest BCUT2D eigenvalue weighted by Crippen LogP contribution is 2.06. The van der Waals surface area contributed by atoms with E-state index >= 15 is 0 Å². The van der Waals surface area contributed by atoms with Crippen molar-refractivity contribution in [1.29, 1.82) is 0 Å². The molecule has 1 aromatic rings. The van der Waals surface area contributed by atoms with Crippen LogP contribution in [0.4, 0.5) is 4.79 Å². The highest BCUT2D eigenvalue weighted by atomic mass is 35.5. The molecule has 0 aromatic heterocycles. The van der Waals surface area contributed by atoms with Crippen LogP contribution >= 0.6 is 12.4 Å². The molecule has 19 heavy (non-hydrogen) atoms. The number of ether oxygens (including phenoxy) is 1. The van der Waals surface area contributed by atoms with Crippen molar-refractivity contribution in [2.45, 2.75) is 26.0 Å². The van der Waals surface area contributed by atoms with E-state index < -0.39 is 0 Å². The minimum atomic E-state index is -0.213. The van der Waals surface area contributed by atoms with Gasteiger partial charge in [0.05, 0.1) is 0 Å². The quantitative estimate of drug-likeness (QED) is 0.907. The number of carbonyl (C=O) groups excluding carboxylic acids is 1. The highest BCUT2D eigenvalue weighted by molar-refractivity contribution is 5.85. The van der Waals surface area contributed by atoms with E-state index in [2.05, 4.69) is 12.2 Å². The molecular formula is C14H21ClN2O2. The first kappa shape index (κ1) is 15.8. The second-order valence-electron chi connectivity index (χ2n) is 4.67. The van der Waals surface area contributed by atoms with Gasteiger partial charge in [-0.25, -0.2) is 4.79 Å². The van der Waals surface area contributed by atoms with Gasteiger partial charge in [0.2, 0.25) is 0 Å². The summed E-state index contributed by atoms with van der Waals surface area (Å²) < 4.78 is 5.32. The molecule has 1 aliphatic rings. The molecule has 1 aromatic carbocycles. The third kappa shape index (κ3) is 5.09. The summed E-state index contributed by atoms with van der Waals surface area (Å²) in [4.78, 5) is 13.7. The number of nitrogens with zero attached hydrogens (tertiary/aromatic N) is 1. The van der Waals surface area contributed by atoms with Gasteiger partial charge >= 0.3 is 6.09 Å². The van der Waals surface area contributed by atoms with Gasteiger partial charge in [-0.3, -0.25) is 0 Å². The molecule has 1 fully saturated rings. The van der Waals surface area contributed by atoms with Gasteiger partial charge in [0.15, 0.2) is 0 Å². The fourth-order valence-electron chi connectivity index (χ4n) is 2.00. The molecular weight excluding hydrogens is 264 g/mol. The van der Waals surface area contributed by atoms with E-state index in [0.717, 1.165) is 31.6 Å². The Labute approximate surface area is 120 Å². The predicted octanol–water partition coefficient (Wildman–Crippen LogP) is 2.43. The van der Waals surface area contributed by atoms with E-state index in [1.807, 2.05) is 30.3 Å². The molecule has 1 unspecified atom stereocenters. The third-order valence-corrected chi connectivity index (χ3v) is 3.17. The van der Waals surface area contributed by atoms with Crippen molar-refractivity contribution in [3.63, 3.8) is 0 Å². The zero-order valence-electron chi connectivity index (χ0n) is 11.2. The summed E-state index contributed by atoms with van der Waals surface area (Å²) in [5.74, 6) is 0. The largest absolute Gasteiger partial charge is 0.445 e. The molecule has 1 N–H and O–H groups in total. The monoisotopic (exact) mass is 284 g/mol. The van der Waals surface area contributed by atoms with Crippen molar-refractivity contribution < 1.29 is 9.53 Å². The van der Waals surface area contributed by atoms with Crippen LogP contribution in [-0.4, -0.2) is 36.7 Å². The Morgan fingerprint density at radius 1 is 1.37 bits per heavy atom. The molecule has 0 saturated carbocycles. The van der Waals surface area contributed by atoms with E-state index in [-0.39, 0.29) is 18.5 Å². The first-order valence-corrected chi connectivity index (χ1v) is 6.45. The maximum Gasteiger partial charge on any atom is 0.410 e. The van der Waals surface area contributed by atoms with Gasteiger partial charge in [0, 0.05) is 25.7 Å². The SMILES string of the molecule is CC1CCN(C(=O)OCc2ccccc2)CCN1.Cl. The van der Waals surface area contributed by atoms with E-state index in [1.165, 1.54) is 0 Å². The lowest BCUT2D eigenvalue weighted by Crippen LogP contribution is -2.34. The smallest absolute Gasteiger partial charge is 0.410 e. The molecule has 0 radical (unpaired) electrons. The number of hydrogen-bond donors (Lipinski definition) is 1. The Morgan fingerprint density at radius 2 is 2.11 bits per heavy atom. The first-order chi connectivity index (χ1) is 8.75. The Kier molecular flexibility index (Phi) is 6.67. The van der Waals surface area contributed by atoms with Gasteiger partial charge in [-0.15, -0.1) is 12.4 Å². The van der Waals surface area contributed by atoms with Crippen LogP contribution in [0.25, 0.3) is 0 Å². The van der Waals surface area contributed by atoms with Gasteiger partial charge in [-0.1, -0.05) is 30.3 Å². The lowest BCUT2D eigenvalue weighted by atomic mass is 10.2. The van der Waals surface area contributed by atoms with E-state index in [9.17, 15) is 4.79 Å². The Bertz CT molecular complexity index is 386. The molecule has 1 heterocycles. The number of benzene rings is 1. The topological polar surface area (TPSA) is 41.6 Å². The third-order valence-electron chi connectivity index (χ3n) is 3.17. The fraction of sp³-hybridized carbons (Fsp3) is 0.500. The number of nitrogens with one attached hydrogen (secondary N) is 1. The van der Waals surface area contributed by atoms with Crippen LogP contribution in [0.3, 0.4) is 0 Å². The molecule has 0 bridgehead atoms. The van der Waals surface area contributed by atoms with Gasteiger partial charge in [0.25, 0.3) is 0 Å². The zero-order valence-corrected chi connectivity index (χ0v) is 12.0. The number of halogens is 1. The summed E-state index contributed by atoms with van der Waals surface area (Å²) in [6.07, 6.45) is 0.759. The Hall–Kier alpha value is -1.26. The predicted molar refractivity (Wildman–Crippen MR) is 77.5 cm³/mol. The van der Waals surface area contributed by atoms with Crippen LogP contribution in [0.1, 0.15) is 18.9 Å². The molecule has 1 amide bonds. The lowest BCUT2D eigenvalue weighted by Gasteiger charge is -2.19. The minimum Gasteiger partial charge on any atom is -0.445 e. The van der Waals surface area contributed by atoms with Crippen molar-refractivity contribution in [2.75, 3.05) is 19.6 Å². The van der Waals surface area contributed by atoms with Gasteiger partial charge in [0.1, 0.15) is 6.61 Å². The van der Waals surface area contributed by atoms with E-state index in [1.54, 1.807) is 4.90 Å². The second-order valence-corrected chi connectivity index (χ2v) is 4.67. The molecule has 4 nitrogen and oxygen atoms in total. The average molecular weight is 285 g/mol. The fourth-order valence-corrected chi connectivity index (χ4v) is 2.00. The normalized spacial score (nSPS) is 19.2. The van der Waals surface area contributed by atoms with Crippen molar-refractivity contribution in [3.8, 4) is 0 Å². The first-order valence-electron chi connectivity index (χ1n) is 6.45. The molecule has 0 aliphatic carbocycles. The highest BCUT2D eigenvalue weighted by Gasteiger charge is 2.18. The number of rotatable bonds is 2. The van der Waals surface area contributed by atoms with E-state index in [4.69, 9.17) is 4.74 Å². The summed E-state index contributed by atoms with van der Waals surface area (Å²) in [7, 11) is 0. The average Bonchev–Trinajstić information content (AvgIpc) is 2.62. The molecule has 1 saturated heterocycles. The van der Waals surface area contributed by atoms with Crippen LogP contribution in [0, 0.1) is 0 Å². The van der Waals surface area contributed by atoms with Crippen molar-refractivity contribution in [1.82, 2.24) is 10.2 Å². The van der Waals surface area contributed by atoms with Crippen LogP contribution in [0.2, 0.25) is 0 Å². The van der Waals surface area contributed by atoms with E-state index in [0.29, 0.717) is 12.6 Å². The molecule has 1 atom stereocenters. The molecule has 106 valence electrons. The van der Waals surface area contributed by atoms with Crippen molar-refractivity contribution in [2.24, 2.45) is 0 Å². The number of amides is 1. The summed E-state index contributed by atoms with van der Waals surface area (Å²) >= 11 is 0. The van der Waals surface area contributed by atoms with Crippen LogP contribution in [0.15, 0.2) is 30.3 Å². The van der Waals surface area contributed by atoms with Gasteiger partial charge < -0.3 is 15.0 Å². The Morgan fingerprint density at radius 3 is 2.84 bits per heavy atom. The minimum absolute atomic E-state index is 0. The number of hydrogen-bond acceptors (Lipinski definition) is 3. The maximum absolute atomic E-state index is 11.9. The lowest BCUT2D eigenvalue weighted by molar-refractivity contribution is 0.0983. The van der Waals surface area contributed by atoms with Crippen LogP contribution < -0.4 is 5.32 Å². The zero-order chi connectivity index (χ0) is 12.8. The molecule has 0 spiro atoms. The summed E-state index contributed by atoms with van der Waals surface area (Å²) in [5.41, 5.74) is 1.02. The number of carbonyl (C=O) groups is 1. The Balaban J connectivity index is 0.00000180. The van der Waals surface area contributed by atoms with Crippen LogP contribution in [-0.2, 0) is 11.3 Å². The summed E-state index contributed by atoms with van der Waals surface area (Å²) in [6, 6.07) is 10.2. The maximum atomic E-state index is 11.9. The van der Waals surface area contributed by atoms with Gasteiger partial charge in [-0.05, 0) is 18.9 Å². The summed E-state index contributed by atoms with van der Waals surface area (Å²) in [5, 5.41) is 3.35. The standard InChI is InChI=1S/C14H20N2O2.ClH/c1-12-7-9-16(10-8-15-12)14(17)18-11-13-5-3-2-4-6-13;/h2-6,12,15H,7-11H2,1H3;1H. The van der Waals surface area contributed by atoms with Crippen molar-refractivity contribution >= 4 is 18.5 Å².